The van der Waals surface area contributed by atoms with Crippen LogP contribution in [0.15, 0.2) is 30.3 Å². The molecule has 0 aliphatic heterocycles. The summed E-state index contributed by atoms with van der Waals surface area (Å²) in [5.74, 6) is 6.00. The maximum absolute atomic E-state index is 10.1. The van der Waals surface area contributed by atoms with Gasteiger partial charge in [-0.3, -0.25) is 4.79 Å². The number of allylic oxidation sites excluding steroid dienone is 1. The molecule has 1 N–H and O–H groups in total. The van der Waals surface area contributed by atoms with Gasteiger partial charge in [0.15, 0.2) is 0 Å². The molecule has 2 heteroatoms. The highest BCUT2D eigenvalue weighted by atomic mass is 16.1. The number of rotatable bonds is 3. The zero-order chi connectivity index (χ0) is 10.9. The monoisotopic (exact) mass is 199 g/mol. The van der Waals surface area contributed by atoms with Crippen LogP contribution in [0.2, 0.25) is 0 Å². The Balaban J connectivity index is 2.69. The first-order valence-corrected chi connectivity index (χ1v) is 4.72. The average molecular weight is 199 g/mol. The average Bonchev–Trinajstić information content (AvgIpc) is 2.28. The Hall–Kier alpha value is -1.85. The second kappa shape index (κ2) is 6.58. The van der Waals surface area contributed by atoms with E-state index in [1.807, 2.05) is 31.3 Å². The molecule has 15 heavy (non-hydrogen) atoms. The summed E-state index contributed by atoms with van der Waals surface area (Å²) in [6.07, 6.45) is 4.00. The Kier molecular flexibility index (Phi) is 4.93. The summed E-state index contributed by atoms with van der Waals surface area (Å²) in [5.41, 5.74) is 1.98. The van der Waals surface area contributed by atoms with Crippen LogP contribution in [0.25, 0.3) is 6.08 Å². The second-order valence-corrected chi connectivity index (χ2v) is 2.95. The molecule has 1 rings (SSSR count). The zero-order valence-electron chi connectivity index (χ0n) is 8.66. The highest BCUT2D eigenvalue weighted by Crippen LogP contribution is 2.04. The van der Waals surface area contributed by atoms with Crippen LogP contribution in [-0.2, 0) is 4.79 Å². The van der Waals surface area contributed by atoms with E-state index in [9.17, 15) is 4.79 Å². The molecule has 0 heterocycles. The van der Waals surface area contributed by atoms with Crippen LogP contribution in [0, 0.1) is 11.8 Å². The molecule has 2 nitrogen and oxygen atoms in total. The molecule has 0 radical (unpaired) electrons. The minimum Gasteiger partial charge on any atom is -0.309 e. The Morgan fingerprint density at radius 3 is 2.67 bits per heavy atom. The lowest BCUT2D eigenvalue weighted by atomic mass is 10.1. The van der Waals surface area contributed by atoms with Crippen LogP contribution in [0.5, 0.6) is 0 Å². The van der Waals surface area contributed by atoms with Crippen molar-refractivity contribution >= 4 is 12.4 Å². The van der Waals surface area contributed by atoms with Crippen LogP contribution in [0.4, 0.5) is 0 Å². The molecule has 0 saturated heterocycles. The van der Waals surface area contributed by atoms with Gasteiger partial charge in [-0.1, -0.05) is 30.0 Å². The smallest absolute Gasteiger partial charge is 0.142 e. The summed E-state index contributed by atoms with van der Waals surface area (Å²) >= 11 is 0. The van der Waals surface area contributed by atoms with Crippen LogP contribution in [0.3, 0.4) is 0 Å². The molecule has 0 bridgehead atoms. The van der Waals surface area contributed by atoms with E-state index in [1.165, 1.54) is 6.08 Å². The maximum atomic E-state index is 10.1. The summed E-state index contributed by atoms with van der Waals surface area (Å²) in [4.78, 5) is 10.1. The molecule has 1 aromatic carbocycles. The first-order valence-electron chi connectivity index (χ1n) is 4.72. The molecular formula is C13H13NO. The lowest BCUT2D eigenvalue weighted by molar-refractivity contribution is -0.104. The lowest BCUT2D eigenvalue weighted by Gasteiger charge is -1.93. The van der Waals surface area contributed by atoms with E-state index in [2.05, 4.69) is 17.2 Å². The van der Waals surface area contributed by atoms with Crippen molar-refractivity contribution in [3.05, 3.63) is 41.5 Å². The van der Waals surface area contributed by atoms with Crippen LogP contribution in [-0.4, -0.2) is 19.9 Å². The Morgan fingerprint density at radius 1 is 1.33 bits per heavy atom. The van der Waals surface area contributed by atoms with Gasteiger partial charge < -0.3 is 5.32 Å². The fourth-order valence-corrected chi connectivity index (χ4v) is 1.06. The molecule has 0 fully saturated rings. The molecule has 1 aromatic rings. The second-order valence-electron chi connectivity index (χ2n) is 2.95. The predicted molar refractivity (Wildman–Crippen MR) is 62.3 cm³/mol. The van der Waals surface area contributed by atoms with Crippen LogP contribution in [0.1, 0.15) is 11.1 Å². The van der Waals surface area contributed by atoms with Gasteiger partial charge in [0.1, 0.15) is 6.29 Å². The van der Waals surface area contributed by atoms with Gasteiger partial charge in [0.05, 0.1) is 6.54 Å². The van der Waals surface area contributed by atoms with Crippen molar-refractivity contribution in [3.63, 3.8) is 0 Å². The minimum absolute atomic E-state index is 0.687. The van der Waals surface area contributed by atoms with Gasteiger partial charge >= 0.3 is 0 Å². The molecule has 76 valence electrons. The predicted octanol–water partition coefficient (Wildman–Crippen LogP) is 1.47. The van der Waals surface area contributed by atoms with E-state index in [4.69, 9.17) is 0 Å². The zero-order valence-corrected chi connectivity index (χ0v) is 8.66. The van der Waals surface area contributed by atoms with Gasteiger partial charge in [-0.15, -0.1) is 0 Å². The van der Waals surface area contributed by atoms with Crippen molar-refractivity contribution in [1.29, 1.82) is 0 Å². The number of nitrogens with one attached hydrogen (secondary N) is 1. The van der Waals surface area contributed by atoms with E-state index in [1.54, 1.807) is 6.08 Å². The molecule has 0 aromatic heterocycles. The summed E-state index contributed by atoms with van der Waals surface area (Å²) in [6, 6.07) is 7.74. The molecule has 0 unspecified atom stereocenters. The number of carbonyl (C=O) groups is 1. The van der Waals surface area contributed by atoms with Gasteiger partial charge in [-0.05, 0) is 30.8 Å². The van der Waals surface area contributed by atoms with Crippen LogP contribution >= 0.6 is 0 Å². The molecule has 0 spiro atoms. The van der Waals surface area contributed by atoms with Crippen LogP contribution < -0.4 is 5.32 Å². The third kappa shape index (κ3) is 4.26. The fourth-order valence-electron chi connectivity index (χ4n) is 1.06. The number of carbonyl (C=O) groups excluding carboxylic acids is 1. The van der Waals surface area contributed by atoms with Crippen molar-refractivity contribution < 1.29 is 4.79 Å². The highest BCUT2D eigenvalue weighted by Gasteiger charge is 1.87. The number of hydrogen-bond donors (Lipinski definition) is 1. The highest BCUT2D eigenvalue weighted by molar-refractivity contribution is 5.73. The topological polar surface area (TPSA) is 29.1 Å². The SMILES string of the molecule is CNCC#Cc1ccc(/C=C/C=O)cc1. The van der Waals surface area contributed by atoms with Gasteiger partial charge in [0.2, 0.25) is 0 Å². The molecule has 0 aliphatic rings. The first-order chi connectivity index (χ1) is 7.36. The van der Waals surface area contributed by atoms with Crippen molar-refractivity contribution in [1.82, 2.24) is 5.32 Å². The maximum Gasteiger partial charge on any atom is 0.142 e. The van der Waals surface area contributed by atoms with E-state index in [0.717, 1.165) is 17.4 Å². The third-order valence-electron chi connectivity index (χ3n) is 1.78. The molecular weight excluding hydrogens is 186 g/mol. The van der Waals surface area contributed by atoms with Gasteiger partial charge in [-0.25, -0.2) is 0 Å². The van der Waals surface area contributed by atoms with Gasteiger partial charge in [0.25, 0.3) is 0 Å². The van der Waals surface area contributed by atoms with Gasteiger partial charge in [0, 0.05) is 5.56 Å². The van der Waals surface area contributed by atoms with E-state index < -0.39 is 0 Å². The van der Waals surface area contributed by atoms with E-state index >= 15 is 0 Å². The quantitative estimate of drug-likeness (QED) is 0.454. The lowest BCUT2D eigenvalue weighted by Crippen LogP contribution is -2.04. The Bertz CT molecular complexity index is 393. The van der Waals surface area contributed by atoms with E-state index in [-0.39, 0.29) is 0 Å². The standard InChI is InChI=1S/C13H13NO/c1-14-10-2-4-12-6-8-13(9-7-12)5-3-11-15/h3,5-9,11,14H,10H2,1H3/b5-3+. The summed E-state index contributed by atoms with van der Waals surface area (Å²) < 4.78 is 0. The summed E-state index contributed by atoms with van der Waals surface area (Å²) in [5, 5.41) is 2.95. The van der Waals surface area contributed by atoms with E-state index in [0.29, 0.717) is 6.54 Å². The third-order valence-corrected chi connectivity index (χ3v) is 1.78. The Labute approximate surface area is 90.0 Å². The number of hydrogen-bond acceptors (Lipinski definition) is 2. The summed E-state index contributed by atoms with van der Waals surface area (Å²) in [6.45, 7) is 0.687. The first kappa shape index (κ1) is 11.2. The normalized spacial score (nSPS) is 9.67. The Morgan fingerprint density at radius 2 is 2.07 bits per heavy atom. The van der Waals surface area contributed by atoms with Crippen molar-refractivity contribution in [2.24, 2.45) is 0 Å². The minimum atomic E-state index is 0.687. The van der Waals surface area contributed by atoms with Crippen molar-refractivity contribution in [2.75, 3.05) is 13.6 Å². The largest absolute Gasteiger partial charge is 0.309 e. The molecule has 0 aliphatic carbocycles. The fraction of sp³-hybridized carbons (Fsp3) is 0.154. The molecule has 0 saturated carbocycles. The number of aldehydes is 1. The van der Waals surface area contributed by atoms with Crippen molar-refractivity contribution in [2.45, 2.75) is 0 Å². The van der Waals surface area contributed by atoms with Crippen molar-refractivity contribution in [3.8, 4) is 11.8 Å². The molecule has 0 atom stereocenters. The summed E-state index contributed by atoms with van der Waals surface area (Å²) in [7, 11) is 1.86. The number of benzene rings is 1. The van der Waals surface area contributed by atoms with Gasteiger partial charge in [-0.2, -0.15) is 0 Å². The molecule has 0 amide bonds.